The Morgan fingerprint density at radius 3 is 2.00 bits per heavy atom. The highest BCUT2D eigenvalue weighted by atomic mass is 35.6. The van der Waals surface area contributed by atoms with Gasteiger partial charge in [0.2, 0.25) is 3.79 Å². The van der Waals surface area contributed by atoms with Crippen molar-refractivity contribution in [2.45, 2.75) is 73.5 Å². The van der Waals surface area contributed by atoms with Crippen LogP contribution in [0.15, 0.2) is 0 Å². The van der Waals surface area contributed by atoms with Crippen molar-refractivity contribution in [1.82, 2.24) is 4.90 Å². The number of amides is 1. The van der Waals surface area contributed by atoms with E-state index >= 15 is 0 Å². The minimum Gasteiger partial charge on any atom is -0.444 e. The number of aliphatic hydroxyl groups is 1. The second kappa shape index (κ2) is 5.08. The Balaban J connectivity index is 2.14. The zero-order valence-electron chi connectivity index (χ0n) is 11.8. The van der Waals surface area contributed by atoms with Crippen molar-refractivity contribution in [1.29, 1.82) is 0 Å². The van der Waals surface area contributed by atoms with E-state index in [1.54, 1.807) is 4.90 Å². The van der Waals surface area contributed by atoms with E-state index in [-0.39, 0.29) is 31.0 Å². The molecule has 20 heavy (non-hydrogen) atoms. The fraction of sp³-hybridized carbons (Fsp3) is 0.923. The number of hydrogen-bond donors (Lipinski definition) is 1. The second-order valence-electron chi connectivity index (χ2n) is 6.71. The first-order valence-corrected chi connectivity index (χ1v) is 7.87. The summed E-state index contributed by atoms with van der Waals surface area (Å²) in [5, 5.41) is 10.5. The van der Waals surface area contributed by atoms with Crippen molar-refractivity contribution >= 4 is 40.9 Å². The van der Waals surface area contributed by atoms with Gasteiger partial charge in [-0.3, -0.25) is 0 Å². The highest BCUT2D eigenvalue weighted by molar-refractivity contribution is 6.68. The molecule has 0 aromatic rings. The van der Waals surface area contributed by atoms with Crippen LogP contribution in [-0.4, -0.2) is 43.2 Å². The van der Waals surface area contributed by atoms with E-state index in [0.29, 0.717) is 0 Å². The number of piperidine rings is 1. The molecular weight excluding hydrogens is 325 g/mol. The smallest absolute Gasteiger partial charge is 0.410 e. The van der Waals surface area contributed by atoms with Gasteiger partial charge in [-0.25, -0.2) is 4.79 Å². The van der Waals surface area contributed by atoms with Crippen LogP contribution in [0.1, 0.15) is 46.5 Å². The molecule has 0 aromatic heterocycles. The van der Waals surface area contributed by atoms with Gasteiger partial charge in [-0.2, -0.15) is 0 Å². The average Bonchev–Trinajstić information content (AvgIpc) is 2.48. The SMILES string of the molecule is CC(C)(C)OC(=O)N1[C@@H]2CC[C@H]1CC(O)(C(Cl)(Cl)Cl)C2. The largest absolute Gasteiger partial charge is 0.444 e. The number of rotatable bonds is 0. The van der Waals surface area contributed by atoms with E-state index in [1.165, 1.54) is 0 Å². The minimum atomic E-state index is -1.74. The molecule has 2 rings (SSSR count). The van der Waals surface area contributed by atoms with Gasteiger partial charge >= 0.3 is 6.09 Å². The molecule has 7 heteroatoms. The summed E-state index contributed by atoms with van der Waals surface area (Å²) in [7, 11) is 0. The van der Waals surface area contributed by atoms with Gasteiger partial charge in [0.1, 0.15) is 11.2 Å². The third-order valence-corrected chi connectivity index (χ3v) is 4.95. The average molecular weight is 345 g/mol. The first-order chi connectivity index (χ1) is 8.93. The molecule has 0 saturated carbocycles. The molecule has 0 aliphatic carbocycles. The number of halogens is 3. The van der Waals surface area contributed by atoms with Crippen molar-refractivity contribution in [3.63, 3.8) is 0 Å². The monoisotopic (exact) mass is 343 g/mol. The molecule has 0 spiro atoms. The Labute approximate surface area is 134 Å². The van der Waals surface area contributed by atoms with Gasteiger partial charge in [-0.15, -0.1) is 0 Å². The number of alkyl halides is 3. The summed E-state index contributed by atoms with van der Waals surface area (Å²) in [5.41, 5.74) is -1.93. The van der Waals surface area contributed by atoms with E-state index in [4.69, 9.17) is 39.5 Å². The summed E-state index contributed by atoms with van der Waals surface area (Å²) in [6, 6.07) is -0.270. The van der Waals surface area contributed by atoms with Gasteiger partial charge in [0.15, 0.2) is 0 Å². The summed E-state index contributed by atoms with van der Waals surface area (Å²) in [5.74, 6) is 0. The van der Waals surface area contributed by atoms with Crippen LogP contribution >= 0.6 is 34.8 Å². The number of ether oxygens (including phenoxy) is 1. The number of carbonyl (C=O) groups is 1. The van der Waals surface area contributed by atoms with Crippen molar-refractivity contribution in [3.05, 3.63) is 0 Å². The minimum absolute atomic E-state index is 0.135. The lowest BCUT2D eigenvalue weighted by Crippen LogP contribution is -2.58. The predicted molar refractivity (Wildman–Crippen MR) is 79.4 cm³/mol. The van der Waals surface area contributed by atoms with Crippen molar-refractivity contribution in [2.75, 3.05) is 0 Å². The van der Waals surface area contributed by atoms with Gasteiger partial charge < -0.3 is 14.7 Å². The number of carbonyl (C=O) groups excluding carboxylic acids is 1. The van der Waals surface area contributed by atoms with E-state index in [0.717, 1.165) is 12.8 Å². The molecule has 1 unspecified atom stereocenters. The zero-order valence-corrected chi connectivity index (χ0v) is 14.1. The van der Waals surface area contributed by atoms with E-state index in [9.17, 15) is 9.90 Å². The quantitative estimate of drug-likeness (QED) is 0.682. The third kappa shape index (κ3) is 3.13. The standard InChI is InChI=1S/C13H20Cl3NO3/c1-11(2,3)20-10(18)17-8-4-5-9(17)7-12(19,6-8)13(14,15)16/h8-9,19H,4-7H2,1-3H3/t8-,9+,12?. The van der Waals surface area contributed by atoms with Crippen LogP contribution in [0.5, 0.6) is 0 Å². The number of fused-ring (bicyclic) bond motifs is 2. The van der Waals surface area contributed by atoms with Crippen LogP contribution in [0.2, 0.25) is 0 Å². The molecule has 2 heterocycles. The van der Waals surface area contributed by atoms with Crippen LogP contribution in [0, 0.1) is 0 Å². The maximum absolute atomic E-state index is 12.3. The van der Waals surface area contributed by atoms with Crippen LogP contribution in [0.4, 0.5) is 4.79 Å². The summed E-state index contributed by atoms with van der Waals surface area (Å²) in [4.78, 5) is 14.0. The molecule has 3 atom stereocenters. The summed E-state index contributed by atoms with van der Waals surface area (Å²) in [6.45, 7) is 5.48. The molecule has 4 nitrogen and oxygen atoms in total. The van der Waals surface area contributed by atoms with Gasteiger partial charge in [-0.05, 0) is 33.6 Å². The van der Waals surface area contributed by atoms with E-state index in [2.05, 4.69) is 0 Å². The highest BCUT2D eigenvalue weighted by Gasteiger charge is 2.57. The van der Waals surface area contributed by atoms with Crippen molar-refractivity contribution in [2.24, 2.45) is 0 Å². The Morgan fingerprint density at radius 2 is 1.65 bits per heavy atom. The normalized spacial score (nSPS) is 34.2. The zero-order chi connectivity index (χ0) is 15.3. The van der Waals surface area contributed by atoms with Gasteiger partial charge in [0.05, 0.1) is 0 Å². The highest BCUT2D eigenvalue weighted by Crippen LogP contribution is 2.51. The lowest BCUT2D eigenvalue weighted by Gasteiger charge is -2.46. The third-order valence-electron chi connectivity index (χ3n) is 3.90. The first kappa shape index (κ1) is 16.5. The molecule has 0 radical (unpaired) electrons. The molecule has 116 valence electrons. The van der Waals surface area contributed by atoms with Crippen LogP contribution in [-0.2, 0) is 4.74 Å². The molecule has 2 aliphatic rings. The topological polar surface area (TPSA) is 49.8 Å². The molecule has 2 aliphatic heterocycles. The van der Waals surface area contributed by atoms with Crippen molar-refractivity contribution < 1.29 is 14.6 Å². The fourth-order valence-electron chi connectivity index (χ4n) is 3.07. The molecular formula is C13H20Cl3NO3. The van der Waals surface area contributed by atoms with Crippen LogP contribution in [0.25, 0.3) is 0 Å². The Bertz CT molecular complexity index is 389. The predicted octanol–water partition coefficient (Wildman–Crippen LogP) is 3.65. The maximum atomic E-state index is 12.3. The molecule has 2 fully saturated rings. The lowest BCUT2D eigenvalue weighted by atomic mass is 9.87. The van der Waals surface area contributed by atoms with E-state index in [1.807, 2.05) is 20.8 Å². The fourth-order valence-corrected chi connectivity index (χ4v) is 3.53. The Morgan fingerprint density at radius 1 is 1.20 bits per heavy atom. The summed E-state index contributed by atoms with van der Waals surface area (Å²) >= 11 is 17.7. The molecule has 2 saturated heterocycles. The van der Waals surface area contributed by atoms with Gasteiger partial charge in [0, 0.05) is 24.9 Å². The molecule has 2 bridgehead atoms. The second-order valence-corrected chi connectivity index (χ2v) is 8.99. The summed E-state index contributed by atoms with van der Waals surface area (Å²) < 4.78 is 3.68. The first-order valence-electron chi connectivity index (χ1n) is 6.73. The number of nitrogens with zero attached hydrogens (tertiary/aromatic N) is 1. The van der Waals surface area contributed by atoms with Crippen LogP contribution < -0.4 is 0 Å². The Kier molecular flexibility index (Phi) is 4.18. The lowest BCUT2D eigenvalue weighted by molar-refractivity contribution is -0.0562. The molecule has 1 amide bonds. The molecule has 1 N–H and O–H groups in total. The molecule has 0 aromatic carbocycles. The van der Waals surface area contributed by atoms with E-state index < -0.39 is 15.0 Å². The van der Waals surface area contributed by atoms with Crippen molar-refractivity contribution in [3.8, 4) is 0 Å². The number of hydrogen-bond acceptors (Lipinski definition) is 3. The van der Waals surface area contributed by atoms with Gasteiger partial charge in [-0.1, -0.05) is 34.8 Å². The van der Waals surface area contributed by atoms with Gasteiger partial charge in [0.25, 0.3) is 0 Å². The maximum Gasteiger partial charge on any atom is 0.410 e. The Hall–Kier alpha value is 0.1000. The summed E-state index contributed by atoms with van der Waals surface area (Å²) in [6.07, 6.45) is 1.77. The van der Waals surface area contributed by atoms with Crippen LogP contribution in [0.3, 0.4) is 0 Å².